The third-order valence-corrected chi connectivity index (χ3v) is 2.50. The summed E-state index contributed by atoms with van der Waals surface area (Å²) in [6, 6.07) is 18.4. The summed E-state index contributed by atoms with van der Waals surface area (Å²) in [5.41, 5.74) is 8.78. The van der Waals surface area contributed by atoms with E-state index < -0.39 is 5.03 Å². The molecule has 2 aromatic carbocycles. The fraction of sp³-hybridized carbons (Fsp3) is 0. The number of nitrogens with zero attached hydrogens (tertiary/aromatic N) is 2. The molecule has 0 aliphatic rings. The zero-order chi connectivity index (χ0) is 15.8. The molecule has 112 valence electrons. The van der Waals surface area contributed by atoms with E-state index in [9.17, 15) is 10.1 Å². The fourth-order valence-electron chi connectivity index (χ4n) is 1.63. The number of hydrazine groups is 1. The smallest absolute Gasteiger partial charge is 0.318 e. The molecule has 0 saturated heterocycles. The monoisotopic (exact) mass is 299 g/mol. The van der Waals surface area contributed by atoms with E-state index in [0.717, 1.165) is 5.69 Å². The summed E-state index contributed by atoms with van der Waals surface area (Å²) in [4.78, 5) is 17.4. The summed E-state index contributed by atoms with van der Waals surface area (Å²) < 4.78 is 0. The molecule has 2 aromatic rings. The average Bonchev–Trinajstić information content (AvgIpc) is 2.48. The number of guanidine groups is 2. The van der Waals surface area contributed by atoms with Crippen molar-refractivity contribution in [2.24, 2.45) is 10.7 Å². The first-order valence-electron chi connectivity index (χ1n) is 6.40. The Kier molecular flexibility index (Phi) is 5.03. The molecule has 0 amide bonds. The molecule has 0 saturated carbocycles. The van der Waals surface area contributed by atoms with E-state index >= 15 is 0 Å². The van der Waals surface area contributed by atoms with Gasteiger partial charge in [-0.05, 0) is 29.7 Å². The molecule has 2 rings (SSSR count). The van der Waals surface area contributed by atoms with E-state index in [0.29, 0.717) is 5.69 Å². The van der Waals surface area contributed by atoms with Crippen molar-refractivity contribution in [3.63, 3.8) is 0 Å². The second-order valence-electron chi connectivity index (χ2n) is 4.19. The molecular weight excluding hydrogens is 284 g/mol. The van der Waals surface area contributed by atoms with Gasteiger partial charge in [0, 0.05) is 0 Å². The molecule has 0 radical (unpaired) electrons. The number of hydrogen-bond acceptors (Lipinski definition) is 3. The Hall–Kier alpha value is -3.42. The van der Waals surface area contributed by atoms with Crippen LogP contribution in [0.4, 0.5) is 11.4 Å². The van der Waals surface area contributed by atoms with Gasteiger partial charge in [0.15, 0.2) is 5.03 Å². The van der Waals surface area contributed by atoms with Gasteiger partial charge < -0.3 is 5.73 Å². The molecule has 22 heavy (non-hydrogen) atoms. The van der Waals surface area contributed by atoms with E-state index in [1.165, 1.54) is 0 Å². The minimum absolute atomic E-state index is 0.247. The van der Waals surface area contributed by atoms with Crippen LogP contribution in [0.2, 0.25) is 0 Å². The highest BCUT2D eigenvalue weighted by Crippen LogP contribution is 2.10. The van der Waals surface area contributed by atoms with Crippen molar-refractivity contribution in [2.75, 3.05) is 5.32 Å². The normalized spacial score (nSPS) is 11.8. The highest BCUT2D eigenvalue weighted by Gasteiger charge is 2.09. The molecule has 5 N–H and O–H groups in total. The topological polar surface area (TPSA) is 120 Å². The lowest BCUT2D eigenvalue weighted by atomic mass is 10.3. The van der Waals surface area contributed by atoms with Crippen LogP contribution in [0.3, 0.4) is 0 Å². The number of aliphatic imine (C=N–C) groups is 1. The summed E-state index contributed by atoms with van der Waals surface area (Å²) in [6.07, 6.45) is 0. The van der Waals surface area contributed by atoms with Gasteiger partial charge in [-0.2, -0.15) is 0 Å². The van der Waals surface area contributed by atoms with Crippen molar-refractivity contribution in [3.8, 4) is 0 Å². The molecule has 0 bridgehead atoms. The van der Waals surface area contributed by atoms with E-state index in [-0.39, 0.29) is 11.9 Å². The summed E-state index contributed by atoms with van der Waals surface area (Å²) in [5, 5.41) is 12.6. The third-order valence-electron chi connectivity index (χ3n) is 2.50. The van der Waals surface area contributed by atoms with Crippen LogP contribution in [0.5, 0.6) is 0 Å². The number of anilines is 1. The maximum Gasteiger partial charge on any atom is 0.342 e. The highest BCUT2D eigenvalue weighted by molar-refractivity contribution is 5.91. The van der Waals surface area contributed by atoms with Gasteiger partial charge >= 0.3 is 11.9 Å². The summed E-state index contributed by atoms with van der Waals surface area (Å²) in [6.45, 7) is 0. The summed E-state index contributed by atoms with van der Waals surface area (Å²) in [7, 11) is 0. The van der Waals surface area contributed by atoms with Gasteiger partial charge in [-0.1, -0.05) is 36.4 Å². The number of nitrogens with one attached hydrogen (secondary N) is 3. The molecule has 0 atom stereocenters. The molecule has 0 fully saturated rings. The lowest BCUT2D eigenvalue weighted by Gasteiger charge is -2.02. The number of rotatable bonds is 3. The maximum absolute atomic E-state index is 10.4. The Balaban J connectivity index is 2.28. The fourth-order valence-corrected chi connectivity index (χ4v) is 1.63. The van der Waals surface area contributed by atoms with Gasteiger partial charge in [0.05, 0.1) is 5.69 Å². The van der Waals surface area contributed by atoms with Crippen LogP contribution in [-0.4, -0.2) is 17.0 Å². The molecule has 0 unspecified atom stereocenters. The average molecular weight is 299 g/mol. The second-order valence-corrected chi connectivity index (χ2v) is 4.19. The predicted octanol–water partition coefficient (Wildman–Crippen LogP) is -0.0372. The lowest BCUT2D eigenvalue weighted by molar-refractivity contribution is -0.534. The standard InChI is InChI=1S/C14H14N6O2/c15-13(19-20(21)22)18-14(16-11-7-3-1-4-8-11)17-12-9-5-2-6-10-12/h1-10H,(H4,15,16,17,18,19)/p+1. The van der Waals surface area contributed by atoms with E-state index in [2.05, 4.69) is 15.3 Å². The molecule has 8 heteroatoms. The van der Waals surface area contributed by atoms with Crippen molar-refractivity contribution in [3.05, 3.63) is 70.8 Å². The van der Waals surface area contributed by atoms with Gasteiger partial charge in [-0.3, -0.25) is 5.32 Å². The van der Waals surface area contributed by atoms with E-state index in [4.69, 9.17) is 5.73 Å². The number of para-hydroxylation sites is 2. The Morgan fingerprint density at radius 3 is 2.27 bits per heavy atom. The molecule has 0 aliphatic carbocycles. The first-order valence-corrected chi connectivity index (χ1v) is 6.40. The summed E-state index contributed by atoms with van der Waals surface area (Å²) >= 11 is 0. The Morgan fingerprint density at radius 1 is 1.09 bits per heavy atom. The van der Waals surface area contributed by atoms with Crippen molar-refractivity contribution in [1.29, 1.82) is 0 Å². The van der Waals surface area contributed by atoms with Gasteiger partial charge in [0.25, 0.3) is 0 Å². The number of benzene rings is 2. The first kappa shape index (κ1) is 15.0. The lowest BCUT2D eigenvalue weighted by Crippen LogP contribution is -2.84. The van der Waals surface area contributed by atoms with Crippen molar-refractivity contribution < 1.29 is 10.0 Å². The molecular formula is C14H15N6O2+. The number of nitro groups is 1. The summed E-state index contributed by atoms with van der Waals surface area (Å²) in [5.74, 6) is 0.00682. The zero-order valence-corrected chi connectivity index (χ0v) is 11.6. The molecule has 0 aliphatic heterocycles. The van der Waals surface area contributed by atoms with Crippen LogP contribution < -0.4 is 21.5 Å². The molecule has 0 aromatic heterocycles. The van der Waals surface area contributed by atoms with E-state index in [1.54, 1.807) is 12.1 Å². The number of hydrogen-bond donors (Lipinski definition) is 4. The third kappa shape index (κ3) is 4.93. The predicted molar refractivity (Wildman–Crippen MR) is 83.9 cm³/mol. The molecule has 0 spiro atoms. The van der Waals surface area contributed by atoms with Crippen LogP contribution in [0.1, 0.15) is 0 Å². The zero-order valence-electron chi connectivity index (χ0n) is 11.6. The Labute approximate surface area is 126 Å². The second kappa shape index (κ2) is 7.39. The van der Waals surface area contributed by atoms with Crippen LogP contribution in [0, 0.1) is 10.1 Å². The minimum Gasteiger partial charge on any atom is -0.318 e. The SMILES string of the molecule is NC(N[N+](=O)[O-])=[NH+]C(=Nc1ccccc1)Nc1ccccc1. The van der Waals surface area contributed by atoms with Crippen molar-refractivity contribution in [2.45, 2.75) is 0 Å². The van der Waals surface area contributed by atoms with Crippen LogP contribution in [0.15, 0.2) is 65.7 Å². The van der Waals surface area contributed by atoms with Gasteiger partial charge in [-0.25, -0.2) is 15.1 Å². The highest BCUT2D eigenvalue weighted by atomic mass is 16.7. The molecule has 8 nitrogen and oxygen atoms in total. The van der Waals surface area contributed by atoms with Crippen LogP contribution in [0.25, 0.3) is 0 Å². The maximum atomic E-state index is 10.4. The Morgan fingerprint density at radius 2 is 1.68 bits per heavy atom. The van der Waals surface area contributed by atoms with Crippen molar-refractivity contribution in [1.82, 2.24) is 5.43 Å². The van der Waals surface area contributed by atoms with Crippen molar-refractivity contribution >= 4 is 23.3 Å². The number of nitrogens with two attached hydrogens (primary N) is 1. The minimum atomic E-state index is -0.759. The first-order chi connectivity index (χ1) is 10.6. The van der Waals surface area contributed by atoms with Gasteiger partial charge in [-0.15, -0.1) is 4.99 Å². The Bertz CT molecular complexity index is 685. The van der Waals surface area contributed by atoms with Gasteiger partial charge in [0.1, 0.15) is 5.69 Å². The van der Waals surface area contributed by atoms with Crippen LogP contribution in [-0.2, 0) is 0 Å². The quantitative estimate of drug-likeness (QED) is 0.274. The van der Waals surface area contributed by atoms with E-state index in [1.807, 2.05) is 54.0 Å². The van der Waals surface area contributed by atoms with Crippen LogP contribution >= 0.6 is 0 Å². The van der Waals surface area contributed by atoms with Gasteiger partial charge in [0.2, 0.25) is 0 Å². The largest absolute Gasteiger partial charge is 0.342 e. The molecule has 0 heterocycles.